The minimum atomic E-state index is -3.70. The van der Waals surface area contributed by atoms with Gasteiger partial charge in [0.2, 0.25) is 10.0 Å². The lowest BCUT2D eigenvalue weighted by Gasteiger charge is -2.28. The first-order valence-electron chi connectivity index (χ1n) is 10.6. The van der Waals surface area contributed by atoms with Gasteiger partial charge in [0.25, 0.3) is 11.8 Å². The first kappa shape index (κ1) is 23.5. The molecule has 0 fully saturated rings. The Morgan fingerprint density at radius 3 is 2.46 bits per heavy atom. The first-order chi connectivity index (χ1) is 16.8. The van der Waals surface area contributed by atoms with Crippen LogP contribution in [-0.2, 0) is 23.0 Å². The fourth-order valence-corrected chi connectivity index (χ4v) is 5.73. The van der Waals surface area contributed by atoms with Crippen LogP contribution in [0.5, 0.6) is 0 Å². The molecule has 178 valence electrons. The van der Waals surface area contributed by atoms with E-state index in [9.17, 15) is 13.2 Å². The van der Waals surface area contributed by atoms with Gasteiger partial charge >= 0.3 is 6.01 Å². The molecule has 11 heteroatoms. The molecule has 0 unspecified atom stereocenters. The highest BCUT2D eigenvalue weighted by Crippen LogP contribution is 2.30. The molecule has 0 saturated carbocycles. The van der Waals surface area contributed by atoms with Crippen molar-refractivity contribution in [1.29, 1.82) is 0 Å². The van der Waals surface area contributed by atoms with Gasteiger partial charge in [-0.25, -0.2) is 8.42 Å². The van der Waals surface area contributed by atoms with Crippen molar-refractivity contribution in [1.82, 2.24) is 14.5 Å². The molecular weight excluding hydrogens is 511 g/mol. The van der Waals surface area contributed by atoms with Crippen LogP contribution in [0.15, 0.2) is 76.0 Å². The summed E-state index contributed by atoms with van der Waals surface area (Å²) in [4.78, 5) is 12.7. The molecular formula is C24H18Cl2N4O4S. The highest BCUT2D eigenvalue weighted by molar-refractivity contribution is 7.89. The maximum Gasteiger partial charge on any atom is 0.322 e. The number of amides is 1. The standard InChI is InChI=1S/C24H18Cl2N4O4S/c25-18-7-10-20(21(26)13-18)23-28-29-24(34-23)27-22(31)16-5-8-19(9-6-16)35(32,33)30-12-11-15-3-1-2-4-17(15)14-30/h1-10,13H,11-12,14H2,(H,27,29,31). The van der Waals surface area contributed by atoms with E-state index in [1.165, 1.54) is 28.6 Å². The number of carbonyl (C=O) groups is 1. The molecule has 0 saturated heterocycles. The lowest BCUT2D eigenvalue weighted by molar-refractivity contribution is 0.102. The summed E-state index contributed by atoms with van der Waals surface area (Å²) in [6, 6.07) is 18.2. The summed E-state index contributed by atoms with van der Waals surface area (Å²) in [5.74, 6) is -0.412. The lowest BCUT2D eigenvalue weighted by Crippen LogP contribution is -2.35. The van der Waals surface area contributed by atoms with E-state index in [1.54, 1.807) is 18.2 Å². The van der Waals surface area contributed by atoms with E-state index in [4.69, 9.17) is 27.6 Å². The Morgan fingerprint density at radius 1 is 0.971 bits per heavy atom. The van der Waals surface area contributed by atoms with E-state index in [0.29, 0.717) is 35.1 Å². The van der Waals surface area contributed by atoms with Crippen molar-refractivity contribution in [2.75, 3.05) is 11.9 Å². The number of halogens is 2. The molecule has 2 heterocycles. The Bertz CT molecular complexity index is 1520. The fraction of sp³-hybridized carbons (Fsp3) is 0.125. The minimum Gasteiger partial charge on any atom is -0.403 e. The second kappa shape index (κ2) is 9.43. The van der Waals surface area contributed by atoms with Crippen molar-refractivity contribution in [3.05, 3.63) is 93.5 Å². The predicted octanol–water partition coefficient (Wildman–Crippen LogP) is 5.04. The van der Waals surface area contributed by atoms with Gasteiger partial charge in [0.05, 0.1) is 15.5 Å². The van der Waals surface area contributed by atoms with Crippen LogP contribution < -0.4 is 5.32 Å². The number of anilines is 1. The molecule has 1 aliphatic heterocycles. The van der Waals surface area contributed by atoms with Crippen molar-refractivity contribution < 1.29 is 17.6 Å². The molecule has 4 aromatic rings. The van der Waals surface area contributed by atoms with E-state index in [2.05, 4.69) is 15.5 Å². The summed E-state index contributed by atoms with van der Waals surface area (Å²) >= 11 is 12.1. The average molecular weight is 529 g/mol. The van der Waals surface area contributed by atoms with Gasteiger partial charge in [-0.2, -0.15) is 4.31 Å². The molecule has 0 spiro atoms. The molecule has 0 radical (unpaired) electrons. The predicted molar refractivity (Wildman–Crippen MR) is 132 cm³/mol. The molecule has 1 amide bonds. The van der Waals surface area contributed by atoms with E-state index < -0.39 is 15.9 Å². The molecule has 1 aliphatic rings. The highest BCUT2D eigenvalue weighted by atomic mass is 35.5. The van der Waals surface area contributed by atoms with Crippen LogP contribution in [0.4, 0.5) is 6.01 Å². The van der Waals surface area contributed by atoms with Crippen LogP contribution in [-0.4, -0.2) is 35.4 Å². The SMILES string of the molecule is O=C(Nc1nnc(-c2ccc(Cl)cc2Cl)o1)c1ccc(S(=O)(=O)N2CCc3ccccc3C2)cc1. The Labute approximate surface area is 211 Å². The van der Waals surface area contributed by atoms with E-state index in [0.717, 1.165) is 11.1 Å². The van der Waals surface area contributed by atoms with Gasteiger partial charge in [-0.1, -0.05) is 52.6 Å². The number of hydrogen-bond acceptors (Lipinski definition) is 6. The first-order valence-corrected chi connectivity index (χ1v) is 12.8. The summed E-state index contributed by atoms with van der Waals surface area (Å²) in [5.41, 5.74) is 2.86. The Morgan fingerprint density at radius 2 is 1.71 bits per heavy atom. The molecule has 0 aliphatic carbocycles. The average Bonchev–Trinajstić information content (AvgIpc) is 3.31. The Hall–Kier alpha value is -3.24. The van der Waals surface area contributed by atoms with Crippen LogP contribution in [0, 0.1) is 0 Å². The molecule has 0 atom stereocenters. The largest absolute Gasteiger partial charge is 0.403 e. The van der Waals surface area contributed by atoms with Gasteiger partial charge in [-0.15, -0.1) is 5.10 Å². The third kappa shape index (κ3) is 4.81. The fourth-order valence-electron chi connectivity index (χ4n) is 3.82. The Balaban J connectivity index is 1.28. The summed E-state index contributed by atoms with van der Waals surface area (Å²) in [6.45, 7) is 0.719. The molecule has 1 aromatic heterocycles. The summed E-state index contributed by atoms with van der Waals surface area (Å²) < 4.78 is 33.2. The monoisotopic (exact) mass is 528 g/mol. The molecule has 1 N–H and O–H groups in total. The summed E-state index contributed by atoms with van der Waals surface area (Å²) in [7, 11) is -3.70. The number of benzene rings is 3. The van der Waals surface area contributed by atoms with Gasteiger partial charge in [0.1, 0.15) is 0 Å². The van der Waals surface area contributed by atoms with Gasteiger partial charge in [-0.3, -0.25) is 10.1 Å². The second-order valence-corrected chi connectivity index (χ2v) is 10.7. The Kier molecular flexibility index (Phi) is 6.33. The molecule has 35 heavy (non-hydrogen) atoms. The minimum absolute atomic E-state index is 0.117. The van der Waals surface area contributed by atoms with Crippen molar-refractivity contribution in [2.45, 2.75) is 17.9 Å². The quantitative estimate of drug-likeness (QED) is 0.388. The molecule has 5 rings (SSSR count). The van der Waals surface area contributed by atoms with Crippen LogP contribution >= 0.6 is 23.2 Å². The van der Waals surface area contributed by atoms with Crippen molar-refractivity contribution >= 4 is 45.1 Å². The van der Waals surface area contributed by atoms with E-state index in [-0.39, 0.29) is 22.4 Å². The van der Waals surface area contributed by atoms with Gasteiger partial charge in [-0.05, 0) is 60.0 Å². The van der Waals surface area contributed by atoms with Crippen molar-refractivity contribution in [2.24, 2.45) is 0 Å². The molecule has 3 aromatic carbocycles. The lowest BCUT2D eigenvalue weighted by atomic mass is 10.0. The zero-order valence-electron chi connectivity index (χ0n) is 18.1. The number of nitrogens with zero attached hydrogens (tertiary/aromatic N) is 3. The maximum atomic E-state index is 13.1. The van der Waals surface area contributed by atoms with E-state index >= 15 is 0 Å². The van der Waals surface area contributed by atoms with E-state index in [1.807, 2.05) is 24.3 Å². The number of rotatable bonds is 5. The smallest absolute Gasteiger partial charge is 0.322 e. The van der Waals surface area contributed by atoms with Gasteiger partial charge < -0.3 is 4.42 Å². The van der Waals surface area contributed by atoms with Gasteiger partial charge in [0.15, 0.2) is 0 Å². The summed E-state index contributed by atoms with van der Waals surface area (Å²) in [5, 5.41) is 11.0. The molecule has 0 bridgehead atoms. The van der Waals surface area contributed by atoms with Crippen LogP contribution in [0.3, 0.4) is 0 Å². The normalized spacial score (nSPS) is 13.9. The summed E-state index contributed by atoms with van der Waals surface area (Å²) in [6.07, 6.45) is 0.656. The maximum absolute atomic E-state index is 13.1. The second-order valence-electron chi connectivity index (χ2n) is 7.87. The topological polar surface area (TPSA) is 105 Å². The van der Waals surface area contributed by atoms with Gasteiger partial charge in [0, 0.05) is 23.7 Å². The molecule has 8 nitrogen and oxygen atoms in total. The van der Waals surface area contributed by atoms with Crippen molar-refractivity contribution in [3.63, 3.8) is 0 Å². The third-order valence-electron chi connectivity index (χ3n) is 5.66. The van der Waals surface area contributed by atoms with Crippen LogP contribution in [0.1, 0.15) is 21.5 Å². The van der Waals surface area contributed by atoms with Crippen LogP contribution in [0.2, 0.25) is 10.0 Å². The third-order valence-corrected chi connectivity index (χ3v) is 8.06. The van der Waals surface area contributed by atoms with Crippen molar-refractivity contribution in [3.8, 4) is 11.5 Å². The zero-order chi connectivity index (χ0) is 24.6. The highest BCUT2D eigenvalue weighted by Gasteiger charge is 2.28. The van der Waals surface area contributed by atoms with Crippen LogP contribution in [0.25, 0.3) is 11.5 Å². The number of nitrogens with one attached hydrogen (secondary N) is 1. The number of carbonyl (C=O) groups excluding carboxylic acids is 1. The number of fused-ring (bicyclic) bond motifs is 1. The zero-order valence-corrected chi connectivity index (χ0v) is 20.4. The number of sulfonamides is 1. The number of hydrogen-bond donors (Lipinski definition) is 1. The number of aromatic nitrogens is 2.